The Hall–Kier alpha value is -3.35. The molecule has 0 unspecified atom stereocenters. The van der Waals surface area contributed by atoms with Crippen molar-refractivity contribution >= 4 is 11.0 Å². The number of nitrogens with one attached hydrogen (secondary N) is 1. The lowest BCUT2D eigenvalue weighted by atomic mass is 10.1. The zero-order valence-corrected chi connectivity index (χ0v) is 14.8. The summed E-state index contributed by atoms with van der Waals surface area (Å²) in [6.45, 7) is 0. The predicted molar refractivity (Wildman–Crippen MR) is 99.1 cm³/mol. The molecule has 6 nitrogen and oxygen atoms in total. The number of nitrogens with zero attached hydrogens (tertiary/aromatic N) is 4. The Labute approximate surface area is 155 Å². The van der Waals surface area contributed by atoms with Crippen LogP contribution < -0.4 is 4.74 Å². The number of aryl methyl sites for hydroxylation is 2. The van der Waals surface area contributed by atoms with E-state index in [9.17, 15) is 4.39 Å². The summed E-state index contributed by atoms with van der Waals surface area (Å²) in [5, 5.41) is 1.10. The summed E-state index contributed by atoms with van der Waals surface area (Å²) in [6, 6.07) is 5.57. The lowest BCUT2D eigenvalue weighted by Gasteiger charge is -2.06. The fourth-order valence-electron chi connectivity index (χ4n) is 2.99. The third-order valence-corrected chi connectivity index (χ3v) is 4.43. The number of halogens is 1. The van der Waals surface area contributed by atoms with Crippen molar-refractivity contribution in [1.29, 1.82) is 0 Å². The number of rotatable bonds is 6. The van der Waals surface area contributed by atoms with E-state index in [1.54, 1.807) is 12.3 Å². The van der Waals surface area contributed by atoms with Crippen molar-refractivity contribution in [1.82, 2.24) is 24.9 Å². The first-order valence-corrected chi connectivity index (χ1v) is 8.62. The van der Waals surface area contributed by atoms with Gasteiger partial charge in [-0.05, 0) is 35.2 Å². The molecule has 0 aliphatic rings. The van der Waals surface area contributed by atoms with Crippen LogP contribution in [-0.2, 0) is 19.3 Å². The molecule has 4 heterocycles. The van der Waals surface area contributed by atoms with Gasteiger partial charge in [0.2, 0.25) is 5.88 Å². The minimum Gasteiger partial charge on any atom is -0.481 e. The van der Waals surface area contributed by atoms with Gasteiger partial charge >= 0.3 is 0 Å². The first kappa shape index (κ1) is 17.1. The molecule has 27 heavy (non-hydrogen) atoms. The number of H-pyrrole nitrogens is 1. The highest BCUT2D eigenvalue weighted by molar-refractivity contribution is 5.79. The normalized spacial score (nSPS) is 11.0. The first-order valence-electron chi connectivity index (χ1n) is 8.62. The molecule has 0 aliphatic heterocycles. The molecular weight excluding hydrogens is 345 g/mol. The molecule has 136 valence electrons. The molecule has 0 saturated heterocycles. The van der Waals surface area contributed by atoms with E-state index >= 15 is 0 Å². The highest BCUT2D eigenvalue weighted by Crippen LogP contribution is 2.19. The Bertz CT molecular complexity index is 1060. The van der Waals surface area contributed by atoms with Gasteiger partial charge in [-0.3, -0.25) is 0 Å². The van der Waals surface area contributed by atoms with E-state index in [0.29, 0.717) is 30.1 Å². The zero-order chi connectivity index (χ0) is 18.6. The number of pyridine rings is 2. The second kappa shape index (κ2) is 7.49. The Balaban J connectivity index is 1.43. The maximum atomic E-state index is 13.8. The Morgan fingerprint density at radius 3 is 2.70 bits per heavy atom. The molecule has 0 saturated carbocycles. The van der Waals surface area contributed by atoms with E-state index < -0.39 is 0 Å². The summed E-state index contributed by atoms with van der Waals surface area (Å²) in [6.07, 6.45) is 10.3. The van der Waals surface area contributed by atoms with Gasteiger partial charge in [0, 0.05) is 49.1 Å². The van der Waals surface area contributed by atoms with Crippen LogP contribution in [0.1, 0.15) is 22.5 Å². The monoisotopic (exact) mass is 363 g/mol. The summed E-state index contributed by atoms with van der Waals surface area (Å²) in [4.78, 5) is 20.2. The molecule has 0 aromatic carbocycles. The summed E-state index contributed by atoms with van der Waals surface area (Å²) >= 11 is 0. The van der Waals surface area contributed by atoms with Crippen LogP contribution in [0.5, 0.6) is 5.88 Å². The number of hydrogen-bond acceptors (Lipinski definition) is 5. The standard InChI is InChI=1S/C20H18FN5O/c1-27-19-8-14(17(21)12-25-19)4-5-18-23-9-13(10-24-18)7-15-11-26-20-16(15)3-2-6-22-20/h2-3,6,8-12H,4-5,7H2,1H3,(H,22,26). The molecule has 0 aliphatic carbocycles. The third kappa shape index (κ3) is 3.76. The number of aromatic amines is 1. The van der Waals surface area contributed by atoms with Gasteiger partial charge in [0.1, 0.15) is 17.3 Å². The van der Waals surface area contributed by atoms with Crippen molar-refractivity contribution in [2.75, 3.05) is 7.11 Å². The highest BCUT2D eigenvalue weighted by Gasteiger charge is 2.08. The van der Waals surface area contributed by atoms with Crippen molar-refractivity contribution < 1.29 is 9.13 Å². The molecule has 7 heteroatoms. The van der Waals surface area contributed by atoms with Crippen molar-refractivity contribution in [3.63, 3.8) is 0 Å². The Morgan fingerprint density at radius 1 is 1.04 bits per heavy atom. The Kier molecular flexibility index (Phi) is 4.74. The third-order valence-electron chi connectivity index (χ3n) is 4.43. The van der Waals surface area contributed by atoms with E-state index in [1.165, 1.54) is 13.3 Å². The van der Waals surface area contributed by atoms with Crippen LogP contribution in [0.25, 0.3) is 11.0 Å². The van der Waals surface area contributed by atoms with Crippen LogP contribution in [0.3, 0.4) is 0 Å². The number of ether oxygens (including phenoxy) is 1. The van der Waals surface area contributed by atoms with Gasteiger partial charge in [-0.25, -0.2) is 24.3 Å². The molecule has 0 fully saturated rings. The molecule has 4 rings (SSSR count). The minimum absolute atomic E-state index is 0.347. The molecule has 1 N–H and O–H groups in total. The van der Waals surface area contributed by atoms with Crippen molar-refractivity contribution in [2.24, 2.45) is 0 Å². The number of hydrogen-bond donors (Lipinski definition) is 1. The van der Waals surface area contributed by atoms with Crippen LogP contribution in [-0.4, -0.2) is 32.0 Å². The van der Waals surface area contributed by atoms with E-state index in [-0.39, 0.29) is 5.82 Å². The van der Waals surface area contributed by atoms with Gasteiger partial charge in [0.25, 0.3) is 0 Å². The SMILES string of the molecule is COc1cc(CCc2ncc(Cc3c[nH]c4ncccc34)cn2)c(F)cn1. The van der Waals surface area contributed by atoms with Crippen molar-refractivity contribution in [3.05, 3.63) is 77.5 Å². The van der Waals surface area contributed by atoms with Crippen LogP contribution in [0, 0.1) is 5.82 Å². The first-order chi connectivity index (χ1) is 13.2. The fraction of sp³-hybridized carbons (Fsp3) is 0.200. The van der Waals surface area contributed by atoms with Crippen LogP contribution in [0.2, 0.25) is 0 Å². The summed E-state index contributed by atoms with van der Waals surface area (Å²) in [5.41, 5.74) is 3.58. The minimum atomic E-state index is -0.347. The lowest BCUT2D eigenvalue weighted by molar-refractivity contribution is 0.394. The van der Waals surface area contributed by atoms with Crippen LogP contribution in [0.15, 0.2) is 49.2 Å². The van der Waals surface area contributed by atoms with E-state index in [0.717, 1.165) is 28.6 Å². The van der Waals surface area contributed by atoms with Crippen LogP contribution >= 0.6 is 0 Å². The number of methoxy groups -OCH3 is 1. The molecule has 0 radical (unpaired) electrons. The molecule has 0 spiro atoms. The maximum absolute atomic E-state index is 13.8. The molecule has 0 bridgehead atoms. The largest absolute Gasteiger partial charge is 0.481 e. The van der Waals surface area contributed by atoms with E-state index in [2.05, 4.69) is 24.9 Å². The molecule has 4 aromatic rings. The lowest BCUT2D eigenvalue weighted by Crippen LogP contribution is -2.02. The number of aromatic nitrogens is 5. The van der Waals surface area contributed by atoms with Crippen molar-refractivity contribution in [3.8, 4) is 5.88 Å². The molecule has 0 atom stereocenters. The van der Waals surface area contributed by atoms with Gasteiger partial charge in [-0.15, -0.1) is 0 Å². The van der Waals surface area contributed by atoms with E-state index in [4.69, 9.17) is 4.74 Å². The fourth-order valence-corrected chi connectivity index (χ4v) is 2.99. The van der Waals surface area contributed by atoms with Gasteiger partial charge in [-0.1, -0.05) is 0 Å². The van der Waals surface area contributed by atoms with Crippen molar-refractivity contribution in [2.45, 2.75) is 19.3 Å². The maximum Gasteiger partial charge on any atom is 0.213 e. The zero-order valence-electron chi connectivity index (χ0n) is 14.8. The van der Waals surface area contributed by atoms with Gasteiger partial charge in [-0.2, -0.15) is 0 Å². The summed E-state index contributed by atoms with van der Waals surface area (Å²) in [5.74, 6) is 0.728. The topological polar surface area (TPSA) is 76.6 Å². The van der Waals surface area contributed by atoms with Gasteiger partial charge < -0.3 is 9.72 Å². The van der Waals surface area contributed by atoms with Crippen LogP contribution in [0.4, 0.5) is 4.39 Å². The second-order valence-corrected chi connectivity index (χ2v) is 6.22. The van der Waals surface area contributed by atoms with Gasteiger partial charge in [0.15, 0.2) is 0 Å². The molecular formula is C20H18FN5O. The summed E-state index contributed by atoms with van der Waals surface area (Å²) < 4.78 is 18.9. The van der Waals surface area contributed by atoms with E-state index in [1.807, 2.05) is 30.7 Å². The average molecular weight is 363 g/mol. The summed E-state index contributed by atoms with van der Waals surface area (Å²) in [7, 11) is 1.51. The Morgan fingerprint density at radius 2 is 1.89 bits per heavy atom. The second-order valence-electron chi connectivity index (χ2n) is 6.22. The highest BCUT2D eigenvalue weighted by atomic mass is 19.1. The number of fused-ring (bicyclic) bond motifs is 1. The molecule has 4 aromatic heterocycles. The quantitative estimate of drug-likeness (QED) is 0.569. The van der Waals surface area contributed by atoms with Gasteiger partial charge in [0.05, 0.1) is 13.3 Å². The predicted octanol–water partition coefficient (Wildman–Crippen LogP) is 3.27. The smallest absolute Gasteiger partial charge is 0.213 e. The average Bonchev–Trinajstić information content (AvgIpc) is 3.11. The molecule has 0 amide bonds.